The first-order valence-corrected chi connectivity index (χ1v) is 7.20. The Morgan fingerprint density at radius 1 is 1.50 bits per heavy atom. The van der Waals surface area contributed by atoms with E-state index in [9.17, 15) is 8.42 Å². The first-order chi connectivity index (χ1) is 7.46. The molecule has 1 rings (SSSR count). The fourth-order valence-corrected chi connectivity index (χ4v) is 2.72. The zero-order valence-electron chi connectivity index (χ0n) is 9.60. The molecule has 1 heterocycles. The van der Waals surface area contributed by atoms with Crippen molar-refractivity contribution < 1.29 is 8.42 Å². The van der Waals surface area contributed by atoms with Crippen LogP contribution in [0.25, 0.3) is 0 Å². The minimum Gasteiger partial charge on any atom is -0.300 e. The highest BCUT2D eigenvalue weighted by Gasteiger charge is 2.17. The number of thiophene rings is 1. The molecular formula is C9H17N3O2S2. The lowest BCUT2D eigenvalue weighted by Gasteiger charge is -2.23. The van der Waals surface area contributed by atoms with Crippen molar-refractivity contribution in [3.8, 4) is 0 Å². The van der Waals surface area contributed by atoms with Crippen LogP contribution in [-0.2, 0) is 10.2 Å². The molecule has 0 radical (unpaired) electrons. The lowest BCUT2D eigenvalue weighted by molar-refractivity contribution is 0.303. The molecule has 0 spiro atoms. The zero-order chi connectivity index (χ0) is 12.2. The van der Waals surface area contributed by atoms with Crippen molar-refractivity contribution in [1.29, 1.82) is 0 Å². The highest BCUT2D eigenvalue weighted by Crippen LogP contribution is 2.22. The second-order valence-corrected chi connectivity index (χ2v) is 6.23. The minimum absolute atomic E-state index is 0.0584. The minimum atomic E-state index is -3.36. The van der Waals surface area contributed by atoms with Crippen LogP contribution in [0.3, 0.4) is 0 Å². The quantitative estimate of drug-likeness (QED) is 0.781. The fraction of sp³-hybridized carbons (Fsp3) is 0.556. The van der Waals surface area contributed by atoms with E-state index in [1.807, 2.05) is 36.5 Å². The Morgan fingerprint density at radius 2 is 2.19 bits per heavy atom. The van der Waals surface area contributed by atoms with E-state index < -0.39 is 10.2 Å². The van der Waals surface area contributed by atoms with E-state index in [0.717, 1.165) is 4.88 Å². The summed E-state index contributed by atoms with van der Waals surface area (Å²) in [5.41, 5.74) is 0. The summed E-state index contributed by atoms with van der Waals surface area (Å²) < 4.78 is 27.2. The number of hydrogen-bond acceptors (Lipinski definition) is 4. The topological polar surface area (TPSA) is 61.4 Å². The van der Waals surface area contributed by atoms with E-state index in [-0.39, 0.29) is 6.04 Å². The molecule has 0 saturated carbocycles. The Labute approximate surface area is 101 Å². The van der Waals surface area contributed by atoms with Crippen molar-refractivity contribution in [1.82, 2.24) is 14.3 Å². The first kappa shape index (κ1) is 13.6. The predicted molar refractivity (Wildman–Crippen MR) is 66.7 cm³/mol. The lowest BCUT2D eigenvalue weighted by Crippen LogP contribution is -2.39. The molecule has 92 valence electrons. The van der Waals surface area contributed by atoms with Gasteiger partial charge in [-0.25, -0.2) is 9.44 Å². The summed E-state index contributed by atoms with van der Waals surface area (Å²) in [5, 5.41) is 1.98. The third kappa shape index (κ3) is 3.84. The van der Waals surface area contributed by atoms with Crippen LogP contribution in [0, 0.1) is 0 Å². The maximum Gasteiger partial charge on any atom is 0.276 e. The number of nitrogens with zero attached hydrogens (tertiary/aromatic N) is 1. The van der Waals surface area contributed by atoms with Gasteiger partial charge in [-0.1, -0.05) is 6.07 Å². The SMILES string of the molecule is CNS(=O)(=O)NCC(c1cccs1)N(C)C. The largest absolute Gasteiger partial charge is 0.300 e. The third-order valence-electron chi connectivity index (χ3n) is 2.23. The van der Waals surface area contributed by atoms with Gasteiger partial charge in [0.25, 0.3) is 10.2 Å². The van der Waals surface area contributed by atoms with E-state index in [1.54, 1.807) is 11.3 Å². The predicted octanol–water partition coefficient (Wildman–Crippen LogP) is 0.405. The average molecular weight is 263 g/mol. The normalized spacial score (nSPS) is 14.2. The third-order valence-corrected chi connectivity index (χ3v) is 4.29. The highest BCUT2D eigenvalue weighted by molar-refractivity contribution is 7.87. The summed E-state index contributed by atoms with van der Waals surface area (Å²) in [6.45, 7) is 0.358. The van der Waals surface area contributed by atoms with Gasteiger partial charge < -0.3 is 4.90 Å². The molecular weight excluding hydrogens is 246 g/mol. The smallest absolute Gasteiger partial charge is 0.276 e. The molecule has 0 fully saturated rings. The Morgan fingerprint density at radius 3 is 2.62 bits per heavy atom. The first-order valence-electron chi connectivity index (χ1n) is 4.84. The second-order valence-electron chi connectivity index (χ2n) is 3.55. The molecule has 1 aromatic rings. The van der Waals surface area contributed by atoms with Crippen LogP contribution in [0.2, 0.25) is 0 Å². The van der Waals surface area contributed by atoms with Crippen LogP contribution in [0.15, 0.2) is 17.5 Å². The number of likely N-dealkylation sites (N-methyl/N-ethyl adjacent to an activating group) is 1. The molecule has 0 aliphatic rings. The van der Waals surface area contributed by atoms with Gasteiger partial charge in [0.2, 0.25) is 0 Å². The molecule has 0 amide bonds. The van der Waals surface area contributed by atoms with Gasteiger partial charge >= 0.3 is 0 Å². The standard InChI is InChI=1S/C9H17N3O2S2/c1-10-16(13,14)11-7-8(12(2)3)9-5-4-6-15-9/h4-6,8,10-11H,7H2,1-3H3. The highest BCUT2D eigenvalue weighted by atomic mass is 32.2. The summed E-state index contributed by atoms with van der Waals surface area (Å²) in [7, 11) is 1.88. The van der Waals surface area contributed by atoms with Crippen LogP contribution in [-0.4, -0.2) is 41.0 Å². The molecule has 0 aliphatic carbocycles. The Kier molecular flexibility index (Phi) is 4.88. The molecule has 1 atom stereocenters. The van der Waals surface area contributed by atoms with Crippen molar-refractivity contribution in [2.75, 3.05) is 27.7 Å². The van der Waals surface area contributed by atoms with E-state index >= 15 is 0 Å². The molecule has 0 bridgehead atoms. The van der Waals surface area contributed by atoms with Gasteiger partial charge in [-0.2, -0.15) is 8.42 Å². The average Bonchev–Trinajstić information content (AvgIpc) is 2.71. The summed E-state index contributed by atoms with van der Waals surface area (Å²) in [5.74, 6) is 0. The summed E-state index contributed by atoms with van der Waals surface area (Å²) in [4.78, 5) is 3.13. The molecule has 1 aromatic heterocycles. The van der Waals surface area contributed by atoms with E-state index in [1.165, 1.54) is 7.05 Å². The molecule has 5 nitrogen and oxygen atoms in total. The van der Waals surface area contributed by atoms with E-state index in [0.29, 0.717) is 6.54 Å². The molecule has 0 aliphatic heterocycles. The van der Waals surface area contributed by atoms with Crippen molar-refractivity contribution in [3.63, 3.8) is 0 Å². The Hall–Kier alpha value is -0.470. The molecule has 16 heavy (non-hydrogen) atoms. The van der Waals surface area contributed by atoms with Gasteiger partial charge in [-0.05, 0) is 25.5 Å². The monoisotopic (exact) mass is 263 g/mol. The van der Waals surface area contributed by atoms with Gasteiger partial charge in [-0.15, -0.1) is 11.3 Å². The molecule has 1 unspecified atom stereocenters. The van der Waals surface area contributed by atoms with Crippen LogP contribution < -0.4 is 9.44 Å². The maximum absolute atomic E-state index is 11.3. The van der Waals surface area contributed by atoms with Crippen molar-refractivity contribution >= 4 is 21.5 Å². The van der Waals surface area contributed by atoms with Gasteiger partial charge in [0, 0.05) is 18.5 Å². The molecule has 0 saturated heterocycles. The number of hydrogen-bond donors (Lipinski definition) is 2. The number of rotatable bonds is 6. The summed E-state index contributed by atoms with van der Waals surface area (Å²) >= 11 is 1.62. The van der Waals surface area contributed by atoms with Crippen molar-refractivity contribution in [2.24, 2.45) is 0 Å². The van der Waals surface area contributed by atoms with Crippen molar-refractivity contribution in [2.45, 2.75) is 6.04 Å². The number of nitrogens with one attached hydrogen (secondary N) is 2. The van der Waals surface area contributed by atoms with E-state index in [4.69, 9.17) is 0 Å². The van der Waals surface area contributed by atoms with Crippen molar-refractivity contribution in [3.05, 3.63) is 22.4 Å². The van der Waals surface area contributed by atoms with Gasteiger partial charge in [0.1, 0.15) is 0 Å². The zero-order valence-corrected chi connectivity index (χ0v) is 11.2. The van der Waals surface area contributed by atoms with Gasteiger partial charge in [0.15, 0.2) is 0 Å². The Balaban J connectivity index is 2.68. The van der Waals surface area contributed by atoms with Crippen LogP contribution in [0.1, 0.15) is 10.9 Å². The molecule has 2 N–H and O–H groups in total. The fourth-order valence-electron chi connectivity index (χ4n) is 1.28. The van der Waals surface area contributed by atoms with Gasteiger partial charge in [0.05, 0.1) is 6.04 Å². The van der Waals surface area contributed by atoms with Crippen LogP contribution >= 0.6 is 11.3 Å². The van der Waals surface area contributed by atoms with Gasteiger partial charge in [-0.3, -0.25) is 0 Å². The summed E-state index contributed by atoms with van der Waals surface area (Å²) in [6, 6.07) is 4.02. The second kappa shape index (κ2) is 5.74. The maximum atomic E-state index is 11.3. The molecule has 7 heteroatoms. The van der Waals surface area contributed by atoms with Crippen LogP contribution in [0.5, 0.6) is 0 Å². The lowest BCUT2D eigenvalue weighted by atomic mass is 10.2. The van der Waals surface area contributed by atoms with E-state index in [2.05, 4.69) is 9.44 Å². The summed E-state index contributed by atoms with van der Waals surface area (Å²) in [6.07, 6.45) is 0. The van der Waals surface area contributed by atoms with Crippen LogP contribution in [0.4, 0.5) is 0 Å². The molecule has 0 aromatic carbocycles. The Bertz CT molecular complexity index is 400.